The van der Waals surface area contributed by atoms with Crippen LogP contribution in [0.25, 0.3) is 10.9 Å². The van der Waals surface area contributed by atoms with E-state index in [9.17, 15) is 9.59 Å². The van der Waals surface area contributed by atoms with Crippen LogP contribution in [0.1, 0.15) is 24.3 Å². The number of nitrogens with zero attached hydrogens (tertiary/aromatic N) is 1. The van der Waals surface area contributed by atoms with Crippen molar-refractivity contribution in [3.8, 4) is 0 Å². The molecule has 2 rings (SSSR count). The molecule has 5 heteroatoms. The van der Waals surface area contributed by atoms with Gasteiger partial charge < -0.3 is 9.30 Å². The van der Waals surface area contributed by atoms with E-state index < -0.39 is 11.8 Å². The van der Waals surface area contributed by atoms with Gasteiger partial charge in [0.2, 0.25) is 0 Å². The number of carbonyl (C=O) groups excluding carboxylic acids is 2. The average Bonchev–Trinajstić information content (AvgIpc) is 2.78. The minimum Gasteiger partial charge on any atom is -0.460 e. The summed E-state index contributed by atoms with van der Waals surface area (Å²) >= 11 is 6.15. The number of rotatable bonds is 4. The van der Waals surface area contributed by atoms with E-state index >= 15 is 0 Å². The number of hydrogen-bond donors (Lipinski definition) is 0. The zero-order chi connectivity index (χ0) is 14.0. The molecule has 0 unspecified atom stereocenters. The van der Waals surface area contributed by atoms with E-state index in [0.717, 1.165) is 10.9 Å². The van der Waals surface area contributed by atoms with E-state index in [-0.39, 0.29) is 6.61 Å². The third-order valence-electron chi connectivity index (χ3n) is 2.88. The van der Waals surface area contributed by atoms with Crippen molar-refractivity contribution in [2.75, 3.05) is 6.61 Å². The lowest BCUT2D eigenvalue weighted by molar-refractivity contribution is -0.137. The average molecular weight is 280 g/mol. The molecule has 1 aromatic heterocycles. The maximum absolute atomic E-state index is 12.1. The summed E-state index contributed by atoms with van der Waals surface area (Å²) in [5.41, 5.74) is 1.07. The highest BCUT2D eigenvalue weighted by Crippen LogP contribution is 2.27. The number of ketones is 1. The second kappa shape index (κ2) is 5.45. The van der Waals surface area contributed by atoms with E-state index in [1.54, 1.807) is 23.6 Å². The number of carbonyl (C=O) groups is 2. The lowest BCUT2D eigenvalue weighted by Crippen LogP contribution is -2.20. The zero-order valence-corrected chi connectivity index (χ0v) is 11.5. The Kier molecular flexibility index (Phi) is 3.90. The first-order valence-electron chi connectivity index (χ1n) is 6.09. The summed E-state index contributed by atoms with van der Waals surface area (Å²) < 4.78 is 6.48. The smallest absolute Gasteiger partial charge is 0.381 e. The Hall–Kier alpha value is -1.81. The fourth-order valence-corrected chi connectivity index (χ4v) is 2.38. The van der Waals surface area contributed by atoms with E-state index in [0.29, 0.717) is 17.3 Å². The molecule has 0 saturated heterocycles. The summed E-state index contributed by atoms with van der Waals surface area (Å²) in [6.45, 7) is 4.29. The quantitative estimate of drug-likeness (QED) is 0.491. The topological polar surface area (TPSA) is 48.3 Å². The highest BCUT2D eigenvalue weighted by molar-refractivity contribution is 6.41. The fraction of sp³-hybridized carbons (Fsp3) is 0.286. The normalized spacial score (nSPS) is 10.7. The van der Waals surface area contributed by atoms with Crippen molar-refractivity contribution < 1.29 is 14.3 Å². The van der Waals surface area contributed by atoms with Crippen molar-refractivity contribution in [3.05, 3.63) is 35.0 Å². The molecule has 0 bridgehead atoms. The van der Waals surface area contributed by atoms with Gasteiger partial charge in [-0.05, 0) is 26.0 Å². The Morgan fingerprint density at radius 1 is 1.32 bits per heavy atom. The number of benzene rings is 1. The van der Waals surface area contributed by atoms with Gasteiger partial charge in [-0.2, -0.15) is 0 Å². The number of ether oxygens (including phenoxy) is 1. The lowest BCUT2D eigenvalue weighted by Gasteiger charge is -2.07. The molecule has 1 heterocycles. The molecule has 4 nitrogen and oxygen atoms in total. The zero-order valence-electron chi connectivity index (χ0n) is 10.8. The lowest BCUT2D eigenvalue weighted by atomic mass is 10.2. The fourth-order valence-electron chi connectivity index (χ4n) is 2.10. The number of halogens is 1. The highest BCUT2D eigenvalue weighted by atomic mass is 35.5. The first kappa shape index (κ1) is 13.6. The van der Waals surface area contributed by atoms with Gasteiger partial charge in [0.05, 0.1) is 22.8 Å². The number of hydrogen-bond acceptors (Lipinski definition) is 3. The van der Waals surface area contributed by atoms with E-state index in [2.05, 4.69) is 0 Å². The standard InChI is InChI=1S/C14H14ClNO3/c1-3-16-11(13(17)14(18)19-4-2)8-9-6-5-7-10(15)12(9)16/h5-8H,3-4H2,1-2H3. The Labute approximate surface area is 115 Å². The second-order valence-corrected chi connectivity index (χ2v) is 4.41. The van der Waals surface area contributed by atoms with Crippen LogP contribution in [0.3, 0.4) is 0 Å². The summed E-state index contributed by atoms with van der Waals surface area (Å²) in [4.78, 5) is 23.6. The van der Waals surface area contributed by atoms with Crippen molar-refractivity contribution in [2.45, 2.75) is 20.4 Å². The Morgan fingerprint density at radius 3 is 2.68 bits per heavy atom. The number of aryl methyl sites for hydroxylation is 1. The molecule has 0 aliphatic carbocycles. The van der Waals surface area contributed by atoms with Gasteiger partial charge in [0.15, 0.2) is 0 Å². The maximum Gasteiger partial charge on any atom is 0.381 e. The molecule has 0 fully saturated rings. The van der Waals surface area contributed by atoms with Crippen LogP contribution in [0.15, 0.2) is 24.3 Å². The minimum atomic E-state index is -0.837. The van der Waals surface area contributed by atoms with Gasteiger partial charge in [-0.15, -0.1) is 0 Å². The van der Waals surface area contributed by atoms with E-state index in [4.69, 9.17) is 16.3 Å². The number of Topliss-reactive ketones (excluding diaryl/α,β-unsaturated/α-hetero) is 1. The highest BCUT2D eigenvalue weighted by Gasteiger charge is 2.23. The molecule has 0 amide bonds. The Bertz CT molecular complexity index is 645. The first-order chi connectivity index (χ1) is 9.10. The third-order valence-corrected chi connectivity index (χ3v) is 3.19. The summed E-state index contributed by atoms with van der Waals surface area (Å²) in [7, 11) is 0. The molecule has 0 saturated carbocycles. The van der Waals surface area contributed by atoms with Crippen LogP contribution >= 0.6 is 11.6 Å². The molecular formula is C14H14ClNO3. The molecule has 1 aromatic carbocycles. The molecule has 0 aliphatic rings. The SMILES string of the molecule is CCOC(=O)C(=O)c1cc2cccc(Cl)c2n1CC. The van der Waals surface area contributed by atoms with Crippen molar-refractivity contribution in [3.63, 3.8) is 0 Å². The van der Waals surface area contributed by atoms with Crippen LogP contribution in [-0.4, -0.2) is 22.9 Å². The number of aromatic nitrogens is 1. The van der Waals surface area contributed by atoms with Gasteiger partial charge in [-0.25, -0.2) is 4.79 Å². The van der Waals surface area contributed by atoms with Crippen molar-refractivity contribution in [1.82, 2.24) is 4.57 Å². The van der Waals surface area contributed by atoms with Gasteiger partial charge in [0.1, 0.15) is 0 Å². The van der Waals surface area contributed by atoms with Crippen LogP contribution in [0.5, 0.6) is 0 Å². The summed E-state index contributed by atoms with van der Waals surface area (Å²) in [5, 5.41) is 1.39. The van der Waals surface area contributed by atoms with E-state index in [1.165, 1.54) is 0 Å². The first-order valence-corrected chi connectivity index (χ1v) is 6.47. The summed E-state index contributed by atoms with van der Waals surface area (Å²) in [6, 6.07) is 7.09. The number of fused-ring (bicyclic) bond motifs is 1. The van der Waals surface area contributed by atoms with Crippen LogP contribution in [0.4, 0.5) is 0 Å². The monoisotopic (exact) mass is 279 g/mol. The summed E-state index contributed by atoms with van der Waals surface area (Å²) in [6.07, 6.45) is 0. The minimum absolute atomic E-state index is 0.178. The Morgan fingerprint density at radius 2 is 2.05 bits per heavy atom. The molecule has 0 radical (unpaired) electrons. The van der Waals surface area contributed by atoms with Gasteiger partial charge in [-0.1, -0.05) is 23.7 Å². The summed E-state index contributed by atoms with van der Waals surface area (Å²) in [5.74, 6) is -1.48. The third kappa shape index (κ3) is 2.36. The predicted octanol–water partition coefficient (Wildman–Crippen LogP) is 3.06. The van der Waals surface area contributed by atoms with Crippen molar-refractivity contribution >= 4 is 34.3 Å². The number of para-hydroxylation sites is 1. The molecule has 0 aliphatic heterocycles. The molecule has 0 spiro atoms. The molecule has 0 atom stereocenters. The molecule has 0 N–H and O–H groups in total. The van der Waals surface area contributed by atoms with Crippen LogP contribution in [0.2, 0.25) is 5.02 Å². The van der Waals surface area contributed by atoms with Crippen LogP contribution in [-0.2, 0) is 16.1 Å². The van der Waals surface area contributed by atoms with Gasteiger partial charge in [-0.3, -0.25) is 4.79 Å². The molecular weight excluding hydrogens is 266 g/mol. The van der Waals surface area contributed by atoms with Gasteiger partial charge in [0.25, 0.3) is 5.78 Å². The van der Waals surface area contributed by atoms with Crippen molar-refractivity contribution in [1.29, 1.82) is 0 Å². The Balaban J connectivity index is 2.58. The predicted molar refractivity (Wildman–Crippen MR) is 73.6 cm³/mol. The van der Waals surface area contributed by atoms with Crippen LogP contribution in [0, 0.1) is 0 Å². The second-order valence-electron chi connectivity index (χ2n) is 4.00. The van der Waals surface area contributed by atoms with E-state index in [1.807, 2.05) is 19.1 Å². The molecule has 100 valence electrons. The maximum atomic E-state index is 12.1. The largest absolute Gasteiger partial charge is 0.460 e. The molecule has 2 aromatic rings. The van der Waals surface area contributed by atoms with Gasteiger partial charge >= 0.3 is 5.97 Å². The van der Waals surface area contributed by atoms with Crippen molar-refractivity contribution in [2.24, 2.45) is 0 Å². The van der Waals surface area contributed by atoms with Crippen LogP contribution < -0.4 is 0 Å². The molecule has 19 heavy (non-hydrogen) atoms. The number of esters is 1. The van der Waals surface area contributed by atoms with Gasteiger partial charge in [0, 0.05) is 11.9 Å².